The summed E-state index contributed by atoms with van der Waals surface area (Å²) in [5, 5.41) is 9.58. The summed E-state index contributed by atoms with van der Waals surface area (Å²) >= 11 is 0. The maximum absolute atomic E-state index is 13.3. The lowest BCUT2D eigenvalue weighted by molar-refractivity contribution is -0.466. The molecule has 0 bridgehead atoms. The number of halogens is 3. The zero-order valence-corrected chi connectivity index (χ0v) is 12.1. The van der Waals surface area contributed by atoms with Crippen molar-refractivity contribution in [1.29, 1.82) is 0 Å². The molecule has 23 heavy (non-hydrogen) atoms. The van der Waals surface area contributed by atoms with Crippen LogP contribution >= 0.6 is 0 Å². The Morgan fingerprint density at radius 2 is 2.00 bits per heavy atom. The maximum atomic E-state index is 13.3. The number of aromatic nitrogens is 2. The lowest BCUT2D eigenvalue weighted by Gasteiger charge is -2.20. The Balaban J connectivity index is 2.87. The molecule has 7 nitrogen and oxygen atoms in total. The SMILES string of the molecule is CC(C)[N+](C=O)=C1Cc2[nH]c(=O)c(=O)n(O)c2C=C1C(F)(F)F. The summed E-state index contributed by atoms with van der Waals surface area (Å²) in [5.41, 5.74) is -4.66. The van der Waals surface area contributed by atoms with Gasteiger partial charge in [0.15, 0.2) is 6.04 Å². The molecule has 0 unspecified atom stereocenters. The molecule has 1 amide bonds. The van der Waals surface area contributed by atoms with E-state index in [4.69, 9.17) is 0 Å². The number of nitrogens with one attached hydrogen (secondary N) is 1. The first-order chi connectivity index (χ1) is 10.6. The Morgan fingerprint density at radius 3 is 2.48 bits per heavy atom. The predicted octanol–water partition coefficient (Wildman–Crippen LogP) is 0.294. The number of aromatic amines is 1. The number of H-pyrrole nitrogens is 1. The number of allylic oxidation sites excluding steroid dienone is 1. The van der Waals surface area contributed by atoms with Gasteiger partial charge in [-0.05, 0) is 19.9 Å². The molecule has 0 fully saturated rings. The Morgan fingerprint density at radius 1 is 1.39 bits per heavy atom. The molecule has 1 heterocycles. The topological polar surface area (TPSA) is 95.2 Å². The fourth-order valence-electron chi connectivity index (χ4n) is 2.33. The molecule has 2 N–H and O–H groups in total. The van der Waals surface area contributed by atoms with Gasteiger partial charge in [0.1, 0.15) is 11.3 Å². The quantitative estimate of drug-likeness (QED) is 0.352. The Bertz CT molecular complexity index is 843. The highest BCUT2D eigenvalue weighted by Crippen LogP contribution is 2.32. The minimum Gasteiger partial charge on any atom is -0.425 e. The van der Waals surface area contributed by atoms with Gasteiger partial charge in [0.25, 0.3) is 0 Å². The standard InChI is InChI=1S/C13H12F3N3O4/c1-6(2)18(5-20)9-4-8-10(3-7(9)13(14,15)16)19(23)12(22)11(21)17-8/h3,5-6,23H,4H2,1-2H3/p+1. The van der Waals surface area contributed by atoms with Gasteiger partial charge < -0.3 is 10.2 Å². The van der Waals surface area contributed by atoms with Gasteiger partial charge in [0.05, 0.1) is 12.1 Å². The highest BCUT2D eigenvalue weighted by Gasteiger charge is 2.44. The van der Waals surface area contributed by atoms with Crippen molar-refractivity contribution in [3.63, 3.8) is 0 Å². The molecule has 0 aliphatic heterocycles. The molecule has 0 aromatic carbocycles. The molecule has 1 aliphatic carbocycles. The van der Waals surface area contributed by atoms with Gasteiger partial charge in [0, 0.05) is 0 Å². The lowest BCUT2D eigenvalue weighted by Crippen LogP contribution is -2.42. The number of rotatable bonds is 2. The van der Waals surface area contributed by atoms with E-state index in [0.29, 0.717) is 6.08 Å². The van der Waals surface area contributed by atoms with E-state index >= 15 is 0 Å². The van der Waals surface area contributed by atoms with Gasteiger partial charge in [-0.2, -0.15) is 17.7 Å². The van der Waals surface area contributed by atoms with Crippen LogP contribution in [-0.2, 0) is 11.2 Å². The maximum Gasteiger partial charge on any atom is 0.422 e. The highest BCUT2D eigenvalue weighted by molar-refractivity contribution is 6.05. The summed E-state index contributed by atoms with van der Waals surface area (Å²) in [4.78, 5) is 36.0. The molecule has 0 atom stereocenters. The fourth-order valence-corrected chi connectivity index (χ4v) is 2.33. The van der Waals surface area contributed by atoms with Crippen LogP contribution in [0.1, 0.15) is 25.2 Å². The third-order valence-corrected chi connectivity index (χ3v) is 3.41. The van der Waals surface area contributed by atoms with Crippen molar-refractivity contribution in [3.05, 3.63) is 37.7 Å². The highest BCUT2D eigenvalue weighted by atomic mass is 19.4. The fraction of sp³-hybridized carbons (Fsp3) is 0.385. The molecule has 1 aromatic heterocycles. The molecule has 2 rings (SSSR count). The molecular weight excluding hydrogens is 319 g/mol. The Kier molecular flexibility index (Phi) is 4.01. The van der Waals surface area contributed by atoms with Gasteiger partial charge in [-0.25, -0.2) is 4.79 Å². The second kappa shape index (κ2) is 5.52. The molecule has 0 spiro atoms. The van der Waals surface area contributed by atoms with Crippen LogP contribution in [0.4, 0.5) is 13.2 Å². The Hall–Kier alpha value is -2.65. The zero-order valence-electron chi connectivity index (χ0n) is 12.1. The van der Waals surface area contributed by atoms with Gasteiger partial charge in [-0.1, -0.05) is 0 Å². The minimum atomic E-state index is -4.81. The number of hydrogen-bond acceptors (Lipinski definition) is 4. The molecule has 1 aromatic rings. The first-order valence-electron chi connectivity index (χ1n) is 6.54. The van der Waals surface area contributed by atoms with E-state index in [1.807, 2.05) is 0 Å². The van der Waals surface area contributed by atoms with Gasteiger partial charge >= 0.3 is 23.7 Å². The monoisotopic (exact) mass is 332 g/mol. The third-order valence-electron chi connectivity index (χ3n) is 3.41. The number of fused-ring (bicyclic) bond motifs is 1. The van der Waals surface area contributed by atoms with E-state index in [0.717, 1.165) is 4.58 Å². The summed E-state index contributed by atoms with van der Waals surface area (Å²) in [5.74, 6) is 0. The van der Waals surface area contributed by atoms with Crippen LogP contribution in [0.3, 0.4) is 0 Å². The predicted molar refractivity (Wildman–Crippen MR) is 72.7 cm³/mol. The van der Waals surface area contributed by atoms with Crippen molar-refractivity contribution in [1.82, 2.24) is 9.71 Å². The molecule has 1 aliphatic rings. The van der Waals surface area contributed by atoms with E-state index in [2.05, 4.69) is 4.98 Å². The average molecular weight is 332 g/mol. The van der Waals surface area contributed by atoms with E-state index in [9.17, 15) is 32.8 Å². The molecule has 124 valence electrons. The third kappa shape index (κ3) is 2.83. The largest absolute Gasteiger partial charge is 0.425 e. The van der Waals surface area contributed by atoms with Crippen molar-refractivity contribution >= 4 is 18.2 Å². The van der Waals surface area contributed by atoms with Crippen molar-refractivity contribution in [3.8, 4) is 0 Å². The molecule has 0 saturated heterocycles. The number of nitrogens with zero attached hydrogens (tertiary/aromatic N) is 2. The number of hydrogen-bond donors (Lipinski definition) is 2. The first-order valence-corrected chi connectivity index (χ1v) is 6.54. The van der Waals surface area contributed by atoms with Crippen LogP contribution < -0.4 is 11.1 Å². The lowest BCUT2D eigenvalue weighted by atomic mass is 9.95. The number of amides is 1. The average Bonchev–Trinajstić information content (AvgIpc) is 2.43. The van der Waals surface area contributed by atoms with Crippen molar-refractivity contribution < 1.29 is 27.7 Å². The van der Waals surface area contributed by atoms with E-state index in [-0.39, 0.29) is 22.5 Å². The first kappa shape index (κ1) is 16.7. The van der Waals surface area contributed by atoms with Crippen LogP contribution in [-0.4, -0.2) is 43.8 Å². The number of alkyl halides is 3. The van der Waals surface area contributed by atoms with E-state index < -0.39 is 41.0 Å². The van der Waals surface area contributed by atoms with Crippen LogP contribution in [0.2, 0.25) is 0 Å². The van der Waals surface area contributed by atoms with Crippen molar-refractivity contribution in [2.24, 2.45) is 0 Å². The number of carbonyl (C=O) groups is 1. The van der Waals surface area contributed by atoms with Gasteiger partial charge in [-0.3, -0.25) is 9.59 Å². The molecular formula is C13H13F3N3O4+. The van der Waals surface area contributed by atoms with Gasteiger partial charge in [0.2, 0.25) is 5.71 Å². The summed E-state index contributed by atoms with van der Waals surface area (Å²) in [7, 11) is 0. The van der Waals surface area contributed by atoms with E-state index in [1.165, 1.54) is 13.8 Å². The molecule has 0 radical (unpaired) electrons. The van der Waals surface area contributed by atoms with Crippen molar-refractivity contribution in [2.75, 3.05) is 0 Å². The van der Waals surface area contributed by atoms with Gasteiger partial charge in [-0.15, -0.1) is 4.73 Å². The second-order valence-corrected chi connectivity index (χ2v) is 5.22. The van der Waals surface area contributed by atoms with E-state index in [1.54, 1.807) is 0 Å². The normalized spacial score (nSPS) is 16.9. The van der Waals surface area contributed by atoms with Crippen LogP contribution in [0, 0.1) is 0 Å². The zero-order chi connectivity index (χ0) is 17.5. The summed E-state index contributed by atoms with van der Waals surface area (Å²) in [6.07, 6.45) is -4.48. The summed E-state index contributed by atoms with van der Waals surface area (Å²) in [6.45, 7) is 3.06. The van der Waals surface area contributed by atoms with Crippen LogP contribution in [0.25, 0.3) is 6.08 Å². The second-order valence-electron chi connectivity index (χ2n) is 5.22. The van der Waals surface area contributed by atoms with Crippen molar-refractivity contribution in [2.45, 2.75) is 32.5 Å². The molecule has 0 saturated carbocycles. The van der Waals surface area contributed by atoms with Crippen LogP contribution in [0.15, 0.2) is 15.2 Å². The Labute approximate surface area is 127 Å². The summed E-state index contributed by atoms with van der Waals surface area (Å²) in [6, 6.07) is -0.554. The molecule has 10 heteroatoms. The minimum absolute atomic E-state index is 0.0902. The smallest absolute Gasteiger partial charge is 0.422 e. The summed E-state index contributed by atoms with van der Waals surface area (Å²) < 4.78 is 40.6. The van der Waals surface area contributed by atoms with Crippen LogP contribution in [0.5, 0.6) is 0 Å². The number of carbonyl (C=O) groups excluding carboxylic acids is 1.